The van der Waals surface area contributed by atoms with Crippen LogP contribution in [0, 0.1) is 5.82 Å². The molecule has 0 saturated carbocycles. The van der Waals surface area contributed by atoms with Gasteiger partial charge in [-0.05, 0) is 42.3 Å². The Bertz CT molecular complexity index is 916. The third-order valence-electron chi connectivity index (χ3n) is 3.86. The van der Waals surface area contributed by atoms with Crippen LogP contribution >= 0.6 is 0 Å². The van der Waals surface area contributed by atoms with Crippen molar-refractivity contribution in [2.24, 2.45) is 0 Å². The molecule has 7 heteroatoms. The van der Waals surface area contributed by atoms with Crippen LogP contribution in [0.2, 0.25) is 0 Å². The summed E-state index contributed by atoms with van der Waals surface area (Å²) >= 11 is 0. The van der Waals surface area contributed by atoms with Gasteiger partial charge in [0.1, 0.15) is 29.4 Å². The molecule has 0 radical (unpaired) electrons. The summed E-state index contributed by atoms with van der Waals surface area (Å²) in [6, 6.07) is 15.2. The first-order valence-corrected chi connectivity index (χ1v) is 8.40. The number of carbonyl (C=O) groups is 1. The van der Waals surface area contributed by atoms with Crippen LogP contribution in [0.25, 0.3) is 0 Å². The summed E-state index contributed by atoms with van der Waals surface area (Å²) in [4.78, 5) is 20.3. The van der Waals surface area contributed by atoms with Gasteiger partial charge in [-0.25, -0.2) is 14.4 Å². The van der Waals surface area contributed by atoms with Crippen molar-refractivity contribution in [3.8, 4) is 5.75 Å². The molecule has 0 bridgehead atoms. The van der Waals surface area contributed by atoms with E-state index in [4.69, 9.17) is 4.74 Å². The molecular weight excluding hydrogens is 347 g/mol. The molecular formula is C20H19FN4O2. The first-order chi connectivity index (χ1) is 13.1. The van der Waals surface area contributed by atoms with E-state index in [2.05, 4.69) is 20.6 Å². The summed E-state index contributed by atoms with van der Waals surface area (Å²) in [6.45, 7) is 0.474. The predicted molar refractivity (Wildman–Crippen MR) is 101 cm³/mol. The molecule has 3 rings (SSSR count). The molecule has 0 aliphatic rings. The van der Waals surface area contributed by atoms with Crippen LogP contribution < -0.4 is 15.4 Å². The number of methoxy groups -OCH3 is 1. The molecule has 6 nitrogen and oxygen atoms in total. The van der Waals surface area contributed by atoms with Crippen molar-refractivity contribution in [2.75, 3.05) is 19.0 Å². The lowest BCUT2D eigenvalue weighted by Gasteiger charge is -2.08. The number of ether oxygens (including phenoxy) is 1. The van der Waals surface area contributed by atoms with E-state index in [-0.39, 0.29) is 17.4 Å². The van der Waals surface area contributed by atoms with E-state index in [1.807, 2.05) is 24.3 Å². The molecule has 3 aromatic rings. The summed E-state index contributed by atoms with van der Waals surface area (Å²) in [5, 5.41) is 5.78. The number of nitrogens with one attached hydrogen (secondary N) is 2. The standard InChI is InChI=1S/C20H19FN4O2/c1-27-17-7-5-14(6-8-17)9-10-22-20(26)18-12-19(24-13-23-18)25-16-4-2-3-15(21)11-16/h2-8,11-13H,9-10H2,1H3,(H,22,26)(H,23,24,25). The smallest absolute Gasteiger partial charge is 0.270 e. The average molecular weight is 366 g/mol. The molecule has 2 N–H and O–H groups in total. The Kier molecular flexibility index (Phi) is 5.94. The Morgan fingerprint density at radius 3 is 2.67 bits per heavy atom. The summed E-state index contributed by atoms with van der Waals surface area (Å²) in [5.41, 5.74) is 1.87. The van der Waals surface area contributed by atoms with E-state index in [0.29, 0.717) is 24.5 Å². The van der Waals surface area contributed by atoms with E-state index >= 15 is 0 Å². The summed E-state index contributed by atoms with van der Waals surface area (Å²) < 4.78 is 18.4. The van der Waals surface area contributed by atoms with Crippen LogP contribution in [-0.2, 0) is 6.42 Å². The van der Waals surface area contributed by atoms with Gasteiger partial charge in [0.15, 0.2) is 0 Å². The van der Waals surface area contributed by atoms with E-state index in [0.717, 1.165) is 11.3 Å². The number of hydrogen-bond donors (Lipinski definition) is 2. The van der Waals surface area contributed by atoms with Gasteiger partial charge < -0.3 is 15.4 Å². The van der Waals surface area contributed by atoms with Gasteiger partial charge in [-0.15, -0.1) is 0 Å². The fraction of sp³-hybridized carbons (Fsp3) is 0.150. The van der Waals surface area contributed by atoms with Gasteiger partial charge in [0.05, 0.1) is 7.11 Å². The molecule has 0 spiro atoms. The molecule has 1 amide bonds. The number of hydrogen-bond acceptors (Lipinski definition) is 5. The normalized spacial score (nSPS) is 10.3. The van der Waals surface area contributed by atoms with Gasteiger partial charge in [0.2, 0.25) is 0 Å². The van der Waals surface area contributed by atoms with Crippen molar-refractivity contribution in [1.82, 2.24) is 15.3 Å². The highest BCUT2D eigenvalue weighted by Gasteiger charge is 2.09. The number of anilines is 2. The van der Waals surface area contributed by atoms with Crippen molar-refractivity contribution in [3.63, 3.8) is 0 Å². The zero-order valence-corrected chi connectivity index (χ0v) is 14.8. The topological polar surface area (TPSA) is 76.1 Å². The van der Waals surface area contributed by atoms with Crippen LogP contribution in [0.4, 0.5) is 15.9 Å². The fourth-order valence-corrected chi connectivity index (χ4v) is 2.47. The second-order valence-corrected chi connectivity index (χ2v) is 5.78. The number of benzene rings is 2. The summed E-state index contributed by atoms with van der Waals surface area (Å²) in [5.74, 6) is 0.553. The van der Waals surface area contributed by atoms with E-state index in [1.165, 1.54) is 24.5 Å². The van der Waals surface area contributed by atoms with Gasteiger partial charge in [0, 0.05) is 18.3 Å². The Morgan fingerprint density at radius 2 is 1.93 bits per heavy atom. The van der Waals surface area contributed by atoms with Gasteiger partial charge in [-0.3, -0.25) is 4.79 Å². The monoisotopic (exact) mass is 366 g/mol. The number of rotatable bonds is 7. The maximum absolute atomic E-state index is 13.3. The number of nitrogens with zero attached hydrogens (tertiary/aromatic N) is 2. The maximum atomic E-state index is 13.3. The highest BCUT2D eigenvalue weighted by molar-refractivity contribution is 5.92. The molecule has 0 aliphatic heterocycles. The fourth-order valence-electron chi connectivity index (χ4n) is 2.47. The number of carbonyl (C=O) groups excluding carboxylic acids is 1. The first-order valence-electron chi connectivity index (χ1n) is 8.40. The van der Waals surface area contributed by atoms with Gasteiger partial charge in [-0.1, -0.05) is 18.2 Å². The van der Waals surface area contributed by atoms with Gasteiger partial charge in [0.25, 0.3) is 5.91 Å². The van der Waals surface area contributed by atoms with E-state index in [1.54, 1.807) is 19.2 Å². The molecule has 0 fully saturated rings. The summed E-state index contributed by atoms with van der Waals surface area (Å²) in [7, 11) is 1.62. The Labute approximate surface area is 156 Å². The molecule has 0 unspecified atom stereocenters. The minimum absolute atomic E-state index is 0.235. The molecule has 27 heavy (non-hydrogen) atoms. The van der Waals surface area contributed by atoms with Crippen LogP contribution in [-0.4, -0.2) is 29.5 Å². The third kappa shape index (κ3) is 5.24. The van der Waals surface area contributed by atoms with Crippen LogP contribution in [0.15, 0.2) is 60.9 Å². The SMILES string of the molecule is COc1ccc(CCNC(=O)c2cc(Nc3cccc(F)c3)ncn2)cc1. The second kappa shape index (κ2) is 8.75. The highest BCUT2D eigenvalue weighted by Crippen LogP contribution is 2.15. The minimum atomic E-state index is -0.356. The van der Waals surface area contributed by atoms with Crippen LogP contribution in [0.3, 0.4) is 0 Å². The Balaban J connectivity index is 1.56. The van der Waals surface area contributed by atoms with Crippen molar-refractivity contribution in [3.05, 3.63) is 78.0 Å². The van der Waals surface area contributed by atoms with Gasteiger partial charge in [-0.2, -0.15) is 0 Å². The first kappa shape index (κ1) is 18.3. The molecule has 0 atom stereocenters. The lowest BCUT2D eigenvalue weighted by molar-refractivity contribution is 0.0949. The highest BCUT2D eigenvalue weighted by atomic mass is 19.1. The average Bonchev–Trinajstić information content (AvgIpc) is 2.69. The van der Waals surface area contributed by atoms with Gasteiger partial charge >= 0.3 is 0 Å². The lowest BCUT2D eigenvalue weighted by Crippen LogP contribution is -2.26. The van der Waals surface area contributed by atoms with Crippen molar-refractivity contribution in [1.29, 1.82) is 0 Å². The molecule has 138 valence electrons. The molecule has 0 aliphatic carbocycles. The number of aromatic nitrogens is 2. The molecule has 2 aromatic carbocycles. The van der Waals surface area contributed by atoms with Crippen molar-refractivity contribution in [2.45, 2.75) is 6.42 Å². The maximum Gasteiger partial charge on any atom is 0.270 e. The van der Waals surface area contributed by atoms with Crippen molar-refractivity contribution < 1.29 is 13.9 Å². The van der Waals surface area contributed by atoms with E-state index in [9.17, 15) is 9.18 Å². The third-order valence-corrected chi connectivity index (χ3v) is 3.86. The minimum Gasteiger partial charge on any atom is -0.497 e. The largest absolute Gasteiger partial charge is 0.497 e. The number of amides is 1. The Morgan fingerprint density at radius 1 is 1.11 bits per heavy atom. The zero-order chi connectivity index (χ0) is 19.1. The van der Waals surface area contributed by atoms with E-state index < -0.39 is 0 Å². The van der Waals surface area contributed by atoms with Crippen LogP contribution in [0.5, 0.6) is 5.75 Å². The molecule has 0 saturated heterocycles. The zero-order valence-electron chi connectivity index (χ0n) is 14.8. The number of halogens is 1. The molecule has 1 aromatic heterocycles. The van der Waals surface area contributed by atoms with Crippen molar-refractivity contribution >= 4 is 17.4 Å². The lowest BCUT2D eigenvalue weighted by atomic mass is 10.1. The Hall–Kier alpha value is -3.48. The quantitative estimate of drug-likeness (QED) is 0.671. The molecule has 1 heterocycles. The second-order valence-electron chi connectivity index (χ2n) is 5.78. The van der Waals surface area contributed by atoms with Crippen LogP contribution in [0.1, 0.15) is 16.1 Å². The summed E-state index contributed by atoms with van der Waals surface area (Å²) in [6.07, 6.45) is 1.98. The predicted octanol–water partition coefficient (Wildman–Crippen LogP) is 3.34.